The fourth-order valence-corrected chi connectivity index (χ4v) is 1.54. The number of halogens is 1. The zero-order valence-electron chi connectivity index (χ0n) is 8.10. The maximum absolute atomic E-state index is 5.28. The standard InChI is InChI=1S/C10H14BrNO/c1-7(12-2)9-5-4-8(11)6-10(9)13-3/h4-7,12H,1-3H3. The van der Waals surface area contributed by atoms with Gasteiger partial charge in [0.15, 0.2) is 0 Å². The van der Waals surface area contributed by atoms with Crippen molar-refractivity contribution >= 4 is 15.9 Å². The van der Waals surface area contributed by atoms with Gasteiger partial charge in [0, 0.05) is 16.1 Å². The van der Waals surface area contributed by atoms with E-state index in [-0.39, 0.29) is 0 Å². The summed E-state index contributed by atoms with van der Waals surface area (Å²) in [6.07, 6.45) is 0. The molecule has 2 nitrogen and oxygen atoms in total. The van der Waals surface area contributed by atoms with Gasteiger partial charge in [-0.05, 0) is 26.1 Å². The van der Waals surface area contributed by atoms with Crippen LogP contribution < -0.4 is 10.1 Å². The van der Waals surface area contributed by atoms with Gasteiger partial charge in [-0.15, -0.1) is 0 Å². The Morgan fingerprint density at radius 1 is 1.46 bits per heavy atom. The molecule has 0 aromatic heterocycles. The maximum atomic E-state index is 5.28. The minimum Gasteiger partial charge on any atom is -0.496 e. The van der Waals surface area contributed by atoms with Crippen LogP contribution in [-0.2, 0) is 0 Å². The summed E-state index contributed by atoms with van der Waals surface area (Å²) in [6, 6.07) is 6.36. The summed E-state index contributed by atoms with van der Waals surface area (Å²) in [5.41, 5.74) is 1.17. The van der Waals surface area contributed by atoms with Crippen LogP contribution in [-0.4, -0.2) is 14.2 Å². The molecule has 0 saturated heterocycles. The summed E-state index contributed by atoms with van der Waals surface area (Å²) in [5, 5.41) is 3.18. The van der Waals surface area contributed by atoms with Crippen molar-refractivity contribution in [2.45, 2.75) is 13.0 Å². The molecule has 0 heterocycles. The first kappa shape index (κ1) is 10.5. The normalized spacial score (nSPS) is 12.6. The molecule has 1 unspecified atom stereocenters. The molecule has 0 bridgehead atoms. The molecule has 0 radical (unpaired) electrons. The van der Waals surface area contributed by atoms with E-state index in [1.54, 1.807) is 7.11 Å². The first-order chi connectivity index (χ1) is 6.19. The number of hydrogen-bond donors (Lipinski definition) is 1. The van der Waals surface area contributed by atoms with Gasteiger partial charge in [-0.25, -0.2) is 0 Å². The van der Waals surface area contributed by atoms with Crippen LogP contribution >= 0.6 is 15.9 Å². The van der Waals surface area contributed by atoms with Crippen LogP contribution in [0.1, 0.15) is 18.5 Å². The molecule has 0 saturated carbocycles. The van der Waals surface area contributed by atoms with Crippen molar-refractivity contribution in [2.24, 2.45) is 0 Å². The third-order valence-electron chi connectivity index (χ3n) is 2.10. The number of hydrogen-bond acceptors (Lipinski definition) is 2. The second kappa shape index (κ2) is 4.63. The van der Waals surface area contributed by atoms with Crippen molar-refractivity contribution in [1.29, 1.82) is 0 Å². The van der Waals surface area contributed by atoms with Crippen LogP contribution in [0.15, 0.2) is 22.7 Å². The Morgan fingerprint density at radius 2 is 2.15 bits per heavy atom. The zero-order valence-corrected chi connectivity index (χ0v) is 9.68. The lowest BCUT2D eigenvalue weighted by molar-refractivity contribution is 0.403. The Hall–Kier alpha value is -0.540. The summed E-state index contributed by atoms with van der Waals surface area (Å²) in [7, 11) is 3.62. The molecule has 0 fully saturated rings. The third-order valence-corrected chi connectivity index (χ3v) is 2.59. The van der Waals surface area contributed by atoms with Gasteiger partial charge in [0.25, 0.3) is 0 Å². The number of rotatable bonds is 3. The van der Waals surface area contributed by atoms with Gasteiger partial charge < -0.3 is 10.1 Å². The Bertz CT molecular complexity index is 288. The summed E-state index contributed by atoms with van der Waals surface area (Å²) < 4.78 is 6.32. The topological polar surface area (TPSA) is 21.3 Å². The number of ether oxygens (including phenoxy) is 1. The van der Waals surface area contributed by atoms with Crippen LogP contribution in [0.25, 0.3) is 0 Å². The van der Waals surface area contributed by atoms with Gasteiger partial charge in [0.1, 0.15) is 5.75 Å². The smallest absolute Gasteiger partial charge is 0.124 e. The molecule has 0 aliphatic carbocycles. The maximum Gasteiger partial charge on any atom is 0.124 e. The minimum absolute atomic E-state index is 0.308. The highest BCUT2D eigenvalue weighted by atomic mass is 79.9. The molecule has 1 N–H and O–H groups in total. The van der Waals surface area contributed by atoms with Crippen molar-refractivity contribution in [1.82, 2.24) is 5.32 Å². The van der Waals surface area contributed by atoms with Crippen LogP contribution in [0.3, 0.4) is 0 Å². The monoisotopic (exact) mass is 243 g/mol. The van der Waals surface area contributed by atoms with Gasteiger partial charge >= 0.3 is 0 Å². The molecule has 1 atom stereocenters. The molecule has 13 heavy (non-hydrogen) atoms. The lowest BCUT2D eigenvalue weighted by Crippen LogP contribution is -2.13. The molecule has 0 aliphatic heterocycles. The largest absolute Gasteiger partial charge is 0.496 e. The highest BCUT2D eigenvalue weighted by Crippen LogP contribution is 2.27. The van der Waals surface area contributed by atoms with E-state index in [9.17, 15) is 0 Å². The molecule has 0 spiro atoms. The van der Waals surface area contributed by atoms with Gasteiger partial charge in [0.05, 0.1) is 7.11 Å². The lowest BCUT2D eigenvalue weighted by Gasteiger charge is -2.14. The predicted octanol–water partition coefficient (Wildman–Crippen LogP) is 2.74. The quantitative estimate of drug-likeness (QED) is 0.882. The first-order valence-electron chi connectivity index (χ1n) is 4.19. The van der Waals surface area contributed by atoms with E-state index in [0.717, 1.165) is 10.2 Å². The fraction of sp³-hybridized carbons (Fsp3) is 0.400. The van der Waals surface area contributed by atoms with Gasteiger partial charge in [-0.1, -0.05) is 22.0 Å². The Labute approximate surface area is 87.4 Å². The molecular weight excluding hydrogens is 230 g/mol. The summed E-state index contributed by atoms with van der Waals surface area (Å²) in [4.78, 5) is 0. The number of nitrogens with one attached hydrogen (secondary N) is 1. The van der Waals surface area contributed by atoms with Crippen LogP contribution in [0.5, 0.6) is 5.75 Å². The highest BCUT2D eigenvalue weighted by Gasteiger charge is 2.08. The molecule has 3 heteroatoms. The van der Waals surface area contributed by atoms with E-state index in [4.69, 9.17) is 4.74 Å². The van der Waals surface area contributed by atoms with Crippen molar-refractivity contribution in [2.75, 3.05) is 14.2 Å². The molecule has 1 aromatic carbocycles. The van der Waals surface area contributed by atoms with Crippen molar-refractivity contribution in [3.05, 3.63) is 28.2 Å². The summed E-state index contributed by atoms with van der Waals surface area (Å²) >= 11 is 3.41. The Morgan fingerprint density at radius 3 is 2.69 bits per heavy atom. The van der Waals surface area contributed by atoms with Crippen molar-refractivity contribution in [3.8, 4) is 5.75 Å². The van der Waals surface area contributed by atoms with Crippen LogP contribution in [0.4, 0.5) is 0 Å². The van der Waals surface area contributed by atoms with E-state index in [0.29, 0.717) is 6.04 Å². The minimum atomic E-state index is 0.308. The first-order valence-corrected chi connectivity index (χ1v) is 4.99. The van der Waals surface area contributed by atoms with E-state index in [1.165, 1.54) is 5.56 Å². The Kier molecular flexibility index (Phi) is 3.75. The van der Waals surface area contributed by atoms with Gasteiger partial charge in [-0.2, -0.15) is 0 Å². The van der Waals surface area contributed by atoms with Crippen LogP contribution in [0, 0.1) is 0 Å². The molecular formula is C10H14BrNO. The molecule has 1 rings (SSSR count). The lowest BCUT2D eigenvalue weighted by atomic mass is 10.1. The number of methoxy groups -OCH3 is 1. The predicted molar refractivity (Wildman–Crippen MR) is 58.2 cm³/mol. The SMILES string of the molecule is CNC(C)c1ccc(Br)cc1OC. The molecule has 72 valence electrons. The number of benzene rings is 1. The van der Waals surface area contributed by atoms with Gasteiger partial charge in [0.2, 0.25) is 0 Å². The fourth-order valence-electron chi connectivity index (χ4n) is 1.20. The van der Waals surface area contributed by atoms with Crippen molar-refractivity contribution in [3.63, 3.8) is 0 Å². The second-order valence-corrected chi connectivity index (χ2v) is 3.81. The van der Waals surface area contributed by atoms with E-state index in [2.05, 4.69) is 34.2 Å². The van der Waals surface area contributed by atoms with E-state index in [1.807, 2.05) is 19.2 Å². The summed E-state index contributed by atoms with van der Waals surface area (Å²) in [6.45, 7) is 2.10. The average molecular weight is 244 g/mol. The zero-order chi connectivity index (χ0) is 9.84. The Balaban J connectivity index is 3.05. The molecule has 0 amide bonds. The molecule has 1 aromatic rings. The van der Waals surface area contributed by atoms with E-state index < -0.39 is 0 Å². The average Bonchev–Trinajstić information content (AvgIpc) is 2.16. The highest BCUT2D eigenvalue weighted by molar-refractivity contribution is 9.10. The molecule has 0 aliphatic rings. The van der Waals surface area contributed by atoms with Crippen molar-refractivity contribution < 1.29 is 4.74 Å². The third kappa shape index (κ3) is 2.45. The summed E-state index contributed by atoms with van der Waals surface area (Å²) in [5.74, 6) is 0.913. The second-order valence-electron chi connectivity index (χ2n) is 2.90. The van der Waals surface area contributed by atoms with Gasteiger partial charge in [-0.3, -0.25) is 0 Å². The van der Waals surface area contributed by atoms with Crippen LogP contribution in [0.2, 0.25) is 0 Å². The van der Waals surface area contributed by atoms with E-state index >= 15 is 0 Å².